The van der Waals surface area contributed by atoms with E-state index in [0.717, 1.165) is 12.1 Å². The van der Waals surface area contributed by atoms with Crippen molar-refractivity contribution in [3.05, 3.63) is 59.7 Å². The highest BCUT2D eigenvalue weighted by Gasteiger charge is 2.20. The molecule has 2 aromatic carbocycles. The summed E-state index contributed by atoms with van der Waals surface area (Å²) in [6.45, 7) is 1.63. The van der Waals surface area contributed by atoms with Crippen LogP contribution < -0.4 is 0 Å². The van der Waals surface area contributed by atoms with Crippen LogP contribution in [0.25, 0.3) is 11.1 Å². The van der Waals surface area contributed by atoms with Gasteiger partial charge in [0.1, 0.15) is 11.6 Å². The lowest BCUT2D eigenvalue weighted by Crippen LogP contribution is -2.17. The number of hydrogen-bond acceptors (Lipinski definition) is 3. The Morgan fingerprint density at radius 1 is 1.00 bits per heavy atom. The summed E-state index contributed by atoms with van der Waals surface area (Å²) < 4.78 is 32.2. The smallest absolute Gasteiger partial charge is 0.379 e. The van der Waals surface area contributed by atoms with Crippen LogP contribution in [0.3, 0.4) is 0 Å². The first-order chi connectivity index (χ1) is 10.0. The SMILES string of the molecule is CCOC(=O)C(=O)c1ccc(F)c(-c2ccccc2F)c1. The Hall–Kier alpha value is -2.56. The highest BCUT2D eigenvalue weighted by atomic mass is 19.1. The lowest BCUT2D eigenvalue weighted by Gasteiger charge is -2.07. The first-order valence-corrected chi connectivity index (χ1v) is 6.30. The van der Waals surface area contributed by atoms with Crippen LogP contribution in [-0.2, 0) is 9.53 Å². The summed E-state index contributed by atoms with van der Waals surface area (Å²) in [4.78, 5) is 23.2. The normalized spacial score (nSPS) is 10.2. The maximum absolute atomic E-state index is 13.9. The van der Waals surface area contributed by atoms with Gasteiger partial charge in [-0.3, -0.25) is 4.79 Å². The van der Waals surface area contributed by atoms with E-state index in [1.807, 2.05) is 0 Å². The van der Waals surface area contributed by atoms with Crippen molar-refractivity contribution in [2.24, 2.45) is 0 Å². The fourth-order valence-corrected chi connectivity index (χ4v) is 1.87. The summed E-state index contributed by atoms with van der Waals surface area (Å²) in [5.74, 6) is -3.21. The van der Waals surface area contributed by atoms with Crippen molar-refractivity contribution in [1.82, 2.24) is 0 Å². The molecule has 0 radical (unpaired) electrons. The topological polar surface area (TPSA) is 43.4 Å². The Morgan fingerprint density at radius 3 is 2.33 bits per heavy atom. The molecule has 0 atom stereocenters. The van der Waals surface area contributed by atoms with Crippen molar-refractivity contribution in [2.75, 3.05) is 6.61 Å². The number of ether oxygens (including phenoxy) is 1. The molecule has 0 unspecified atom stereocenters. The molecule has 0 N–H and O–H groups in total. The number of esters is 1. The molecule has 0 bridgehead atoms. The van der Waals surface area contributed by atoms with E-state index in [0.29, 0.717) is 0 Å². The van der Waals surface area contributed by atoms with Crippen LogP contribution in [0.5, 0.6) is 0 Å². The van der Waals surface area contributed by atoms with Crippen molar-refractivity contribution in [3.8, 4) is 11.1 Å². The number of carbonyl (C=O) groups excluding carboxylic acids is 2. The zero-order chi connectivity index (χ0) is 15.4. The van der Waals surface area contributed by atoms with Gasteiger partial charge in [-0.05, 0) is 31.2 Å². The number of halogens is 2. The number of hydrogen-bond donors (Lipinski definition) is 0. The molecule has 0 aliphatic carbocycles. The highest BCUT2D eigenvalue weighted by Crippen LogP contribution is 2.26. The molecule has 0 aliphatic heterocycles. The van der Waals surface area contributed by atoms with Crippen LogP contribution in [0.1, 0.15) is 17.3 Å². The van der Waals surface area contributed by atoms with Crippen molar-refractivity contribution >= 4 is 11.8 Å². The van der Waals surface area contributed by atoms with Gasteiger partial charge in [0.25, 0.3) is 5.78 Å². The Morgan fingerprint density at radius 2 is 1.67 bits per heavy atom. The molecule has 21 heavy (non-hydrogen) atoms. The second-order valence-electron chi connectivity index (χ2n) is 4.22. The summed E-state index contributed by atoms with van der Waals surface area (Å²) >= 11 is 0. The molecule has 0 saturated carbocycles. The molecule has 0 fully saturated rings. The van der Waals surface area contributed by atoms with Gasteiger partial charge in [-0.1, -0.05) is 18.2 Å². The van der Waals surface area contributed by atoms with Gasteiger partial charge in [0, 0.05) is 16.7 Å². The summed E-state index contributed by atoms with van der Waals surface area (Å²) in [5.41, 5.74) is -0.107. The molecule has 0 amide bonds. The van der Waals surface area contributed by atoms with E-state index in [9.17, 15) is 18.4 Å². The van der Waals surface area contributed by atoms with Crippen molar-refractivity contribution < 1.29 is 23.1 Å². The van der Waals surface area contributed by atoms with Crippen LogP contribution in [0.2, 0.25) is 0 Å². The fourth-order valence-electron chi connectivity index (χ4n) is 1.87. The third kappa shape index (κ3) is 3.13. The van der Waals surface area contributed by atoms with E-state index in [1.54, 1.807) is 13.0 Å². The first kappa shape index (κ1) is 14.8. The minimum Gasteiger partial charge on any atom is -0.460 e. The van der Waals surface area contributed by atoms with Gasteiger partial charge in [0.05, 0.1) is 6.61 Å². The number of carbonyl (C=O) groups is 2. The second kappa shape index (κ2) is 6.26. The molecule has 0 saturated heterocycles. The summed E-state index contributed by atoms with van der Waals surface area (Å²) in [6.07, 6.45) is 0. The van der Waals surface area contributed by atoms with E-state index < -0.39 is 23.4 Å². The van der Waals surface area contributed by atoms with Gasteiger partial charge in [0.2, 0.25) is 0 Å². The number of rotatable bonds is 4. The Labute approximate surface area is 120 Å². The molecule has 2 rings (SSSR count). The molecular weight excluding hydrogens is 278 g/mol. The van der Waals surface area contributed by atoms with Gasteiger partial charge in [-0.2, -0.15) is 0 Å². The van der Waals surface area contributed by atoms with E-state index >= 15 is 0 Å². The Bertz CT molecular complexity index is 696. The van der Waals surface area contributed by atoms with Crippen LogP contribution in [0, 0.1) is 11.6 Å². The average Bonchev–Trinajstić information content (AvgIpc) is 2.48. The van der Waals surface area contributed by atoms with Crippen LogP contribution in [0.4, 0.5) is 8.78 Å². The summed E-state index contributed by atoms with van der Waals surface area (Å²) in [7, 11) is 0. The largest absolute Gasteiger partial charge is 0.460 e. The molecule has 0 heterocycles. The van der Waals surface area contributed by atoms with Crippen molar-refractivity contribution in [3.63, 3.8) is 0 Å². The molecule has 0 aliphatic rings. The first-order valence-electron chi connectivity index (χ1n) is 6.30. The number of ketones is 1. The number of benzene rings is 2. The van der Waals surface area contributed by atoms with E-state index in [4.69, 9.17) is 0 Å². The lowest BCUT2D eigenvalue weighted by molar-refractivity contribution is -0.137. The van der Waals surface area contributed by atoms with Crippen molar-refractivity contribution in [1.29, 1.82) is 0 Å². The third-order valence-corrected chi connectivity index (χ3v) is 2.85. The lowest BCUT2D eigenvalue weighted by atomic mass is 10.00. The second-order valence-corrected chi connectivity index (χ2v) is 4.22. The zero-order valence-corrected chi connectivity index (χ0v) is 11.2. The number of Topliss-reactive ketones (excluding diaryl/α,β-unsaturated/α-hetero) is 1. The predicted molar refractivity (Wildman–Crippen MR) is 72.8 cm³/mol. The molecule has 0 spiro atoms. The van der Waals surface area contributed by atoms with Gasteiger partial charge >= 0.3 is 5.97 Å². The van der Waals surface area contributed by atoms with Crippen LogP contribution in [0.15, 0.2) is 42.5 Å². The molecule has 108 valence electrons. The quantitative estimate of drug-likeness (QED) is 0.492. The Kier molecular flexibility index (Phi) is 4.42. The van der Waals surface area contributed by atoms with E-state index in [-0.39, 0.29) is 23.3 Å². The maximum atomic E-state index is 13.9. The van der Waals surface area contributed by atoms with E-state index in [1.165, 1.54) is 24.3 Å². The fraction of sp³-hybridized carbons (Fsp3) is 0.125. The minimum atomic E-state index is -1.02. The average molecular weight is 290 g/mol. The van der Waals surface area contributed by atoms with Gasteiger partial charge in [-0.25, -0.2) is 13.6 Å². The summed E-state index contributed by atoms with van der Waals surface area (Å²) in [6, 6.07) is 8.95. The molecule has 5 heteroatoms. The highest BCUT2D eigenvalue weighted by molar-refractivity contribution is 6.40. The van der Waals surface area contributed by atoms with Crippen molar-refractivity contribution in [2.45, 2.75) is 6.92 Å². The molecule has 2 aromatic rings. The van der Waals surface area contributed by atoms with E-state index in [2.05, 4.69) is 4.74 Å². The van der Waals surface area contributed by atoms with Gasteiger partial charge in [-0.15, -0.1) is 0 Å². The third-order valence-electron chi connectivity index (χ3n) is 2.85. The Balaban J connectivity index is 2.46. The predicted octanol–water partition coefficient (Wildman–Crippen LogP) is 3.38. The minimum absolute atomic E-state index is 0.0218. The summed E-state index contributed by atoms with van der Waals surface area (Å²) in [5, 5.41) is 0. The van der Waals surface area contributed by atoms with Gasteiger partial charge in [0.15, 0.2) is 0 Å². The molecular formula is C16H12F2O3. The molecule has 3 nitrogen and oxygen atoms in total. The van der Waals surface area contributed by atoms with Gasteiger partial charge < -0.3 is 4.74 Å². The molecule has 0 aromatic heterocycles. The monoisotopic (exact) mass is 290 g/mol. The maximum Gasteiger partial charge on any atom is 0.379 e. The van der Waals surface area contributed by atoms with Crippen LogP contribution in [-0.4, -0.2) is 18.4 Å². The standard InChI is InChI=1S/C16H12F2O3/c1-2-21-16(20)15(19)10-7-8-14(18)12(9-10)11-5-3-4-6-13(11)17/h3-9H,2H2,1H3. The van der Waals surface area contributed by atoms with Crippen LogP contribution >= 0.6 is 0 Å². The zero-order valence-electron chi connectivity index (χ0n) is 11.2.